The van der Waals surface area contributed by atoms with Crippen molar-refractivity contribution in [2.75, 3.05) is 5.75 Å². The highest BCUT2D eigenvalue weighted by atomic mass is 32.2. The first-order chi connectivity index (χ1) is 9.11. The SMILES string of the molecule is CCCCS(=O)(=O)NCc1nc(-c2cccs2)no1. The fraction of sp³-hybridized carbons (Fsp3) is 0.455. The van der Waals surface area contributed by atoms with E-state index in [4.69, 9.17) is 4.52 Å². The van der Waals surface area contributed by atoms with Gasteiger partial charge in [-0.25, -0.2) is 13.1 Å². The van der Waals surface area contributed by atoms with Crippen LogP contribution >= 0.6 is 11.3 Å². The van der Waals surface area contributed by atoms with Gasteiger partial charge in [-0.15, -0.1) is 11.3 Å². The molecule has 2 aromatic heterocycles. The van der Waals surface area contributed by atoms with E-state index in [9.17, 15) is 8.42 Å². The normalized spacial score (nSPS) is 11.8. The molecule has 2 aromatic rings. The van der Waals surface area contributed by atoms with Gasteiger partial charge in [0, 0.05) is 0 Å². The standard InChI is InChI=1S/C11H15N3O3S2/c1-2-3-7-19(15,16)12-8-10-13-11(14-17-10)9-5-4-6-18-9/h4-6,12H,2-3,7-8H2,1H3. The lowest BCUT2D eigenvalue weighted by Gasteiger charge is -2.02. The van der Waals surface area contributed by atoms with E-state index in [0.717, 1.165) is 11.3 Å². The summed E-state index contributed by atoms with van der Waals surface area (Å²) in [5.74, 6) is 0.872. The molecular weight excluding hydrogens is 286 g/mol. The molecule has 2 heterocycles. The Morgan fingerprint density at radius 1 is 1.47 bits per heavy atom. The molecule has 19 heavy (non-hydrogen) atoms. The van der Waals surface area contributed by atoms with E-state index in [-0.39, 0.29) is 18.2 Å². The van der Waals surface area contributed by atoms with Crippen LogP contribution in [-0.4, -0.2) is 24.3 Å². The third-order valence-electron chi connectivity index (χ3n) is 2.42. The van der Waals surface area contributed by atoms with Crippen molar-refractivity contribution in [2.24, 2.45) is 0 Å². The number of sulfonamides is 1. The van der Waals surface area contributed by atoms with Gasteiger partial charge >= 0.3 is 0 Å². The Bertz CT molecular complexity index is 605. The van der Waals surface area contributed by atoms with E-state index >= 15 is 0 Å². The summed E-state index contributed by atoms with van der Waals surface area (Å²) in [6.07, 6.45) is 1.48. The predicted octanol–water partition coefficient (Wildman–Crippen LogP) is 2.02. The molecule has 0 aliphatic carbocycles. The molecule has 0 radical (unpaired) electrons. The summed E-state index contributed by atoms with van der Waals surface area (Å²) in [4.78, 5) is 5.03. The minimum absolute atomic E-state index is 0.0322. The minimum Gasteiger partial charge on any atom is -0.337 e. The number of thiophene rings is 1. The summed E-state index contributed by atoms with van der Waals surface area (Å²) in [6.45, 7) is 1.98. The highest BCUT2D eigenvalue weighted by Gasteiger charge is 2.13. The van der Waals surface area contributed by atoms with Crippen molar-refractivity contribution in [1.29, 1.82) is 0 Å². The van der Waals surface area contributed by atoms with Gasteiger partial charge < -0.3 is 4.52 Å². The van der Waals surface area contributed by atoms with E-state index < -0.39 is 10.0 Å². The third kappa shape index (κ3) is 4.12. The van der Waals surface area contributed by atoms with Crippen LogP contribution in [0, 0.1) is 0 Å². The maximum atomic E-state index is 11.6. The second kappa shape index (κ2) is 6.27. The summed E-state index contributed by atoms with van der Waals surface area (Å²) < 4.78 is 30.7. The maximum Gasteiger partial charge on any atom is 0.242 e. The number of hydrogen-bond donors (Lipinski definition) is 1. The molecule has 0 fully saturated rings. The number of nitrogens with one attached hydrogen (secondary N) is 1. The topological polar surface area (TPSA) is 85.1 Å². The zero-order valence-corrected chi connectivity index (χ0v) is 12.1. The number of rotatable bonds is 7. The summed E-state index contributed by atoms with van der Waals surface area (Å²) in [5, 5.41) is 5.73. The van der Waals surface area contributed by atoms with Gasteiger partial charge in [-0.3, -0.25) is 0 Å². The van der Waals surface area contributed by atoms with Crippen LogP contribution in [0.15, 0.2) is 22.0 Å². The highest BCUT2D eigenvalue weighted by molar-refractivity contribution is 7.89. The molecule has 0 atom stereocenters. The fourth-order valence-corrected chi connectivity index (χ4v) is 3.22. The van der Waals surface area contributed by atoms with E-state index in [0.29, 0.717) is 12.2 Å². The van der Waals surface area contributed by atoms with Crippen LogP contribution in [0.2, 0.25) is 0 Å². The van der Waals surface area contributed by atoms with Gasteiger partial charge in [0.15, 0.2) is 0 Å². The first kappa shape index (κ1) is 14.2. The fourth-order valence-electron chi connectivity index (χ4n) is 1.41. The molecule has 0 saturated heterocycles. The molecule has 0 amide bonds. The van der Waals surface area contributed by atoms with Crippen LogP contribution in [0.1, 0.15) is 25.7 Å². The van der Waals surface area contributed by atoms with E-state index in [1.54, 1.807) is 0 Å². The molecular formula is C11H15N3O3S2. The summed E-state index contributed by atoms with van der Waals surface area (Å²) in [5.41, 5.74) is 0. The van der Waals surface area contributed by atoms with E-state index in [1.165, 1.54) is 11.3 Å². The van der Waals surface area contributed by atoms with Gasteiger partial charge in [-0.05, 0) is 17.9 Å². The molecule has 2 rings (SSSR count). The van der Waals surface area contributed by atoms with Crippen LogP contribution in [0.4, 0.5) is 0 Å². The molecule has 0 bridgehead atoms. The van der Waals surface area contributed by atoms with Crippen LogP contribution in [0.25, 0.3) is 10.7 Å². The smallest absolute Gasteiger partial charge is 0.242 e. The second-order valence-electron chi connectivity index (χ2n) is 3.98. The van der Waals surface area contributed by atoms with Crippen molar-refractivity contribution >= 4 is 21.4 Å². The van der Waals surface area contributed by atoms with Crippen LogP contribution in [-0.2, 0) is 16.6 Å². The monoisotopic (exact) mass is 301 g/mol. The number of unbranched alkanes of at least 4 members (excludes halogenated alkanes) is 1. The second-order valence-corrected chi connectivity index (χ2v) is 6.86. The van der Waals surface area contributed by atoms with Crippen LogP contribution in [0.3, 0.4) is 0 Å². The molecule has 8 heteroatoms. The zero-order valence-electron chi connectivity index (χ0n) is 10.5. The molecule has 0 aromatic carbocycles. The summed E-state index contributed by atoms with van der Waals surface area (Å²) in [7, 11) is -3.26. The largest absolute Gasteiger partial charge is 0.337 e. The minimum atomic E-state index is -3.26. The Balaban J connectivity index is 1.94. The Morgan fingerprint density at radius 2 is 2.32 bits per heavy atom. The summed E-state index contributed by atoms with van der Waals surface area (Å²) in [6, 6.07) is 3.77. The molecule has 0 saturated carbocycles. The average molecular weight is 301 g/mol. The number of hydrogen-bond acceptors (Lipinski definition) is 6. The Hall–Kier alpha value is -1.25. The van der Waals surface area contributed by atoms with E-state index in [2.05, 4.69) is 14.9 Å². The van der Waals surface area contributed by atoms with Crippen molar-refractivity contribution in [2.45, 2.75) is 26.3 Å². The van der Waals surface area contributed by atoms with Crippen molar-refractivity contribution in [3.63, 3.8) is 0 Å². The van der Waals surface area contributed by atoms with Crippen molar-refractivity contribution < 1.29 is 12.9 Å². The Labute approximate surface area is 115 Å². The van der Waals surface area contributed by atoms with Gasteiger partial charge in [-0.2, -0.15) is 4.98 Å². The first-order valence-electron chi connectivity index (χ1n) is 5.94. The predicted molar refractivity (Wildman–Crippen MR) is 73.1 cm³/mol. The molecule has 6 nitrogen and oxygen atoms in total. The molecule has 0 aliphatic rings. The van der Waals surface area contributed by atoms with Crippen LogP contribution in [0.5, 0.6) is 0 Å². The van der Waals surface area contributed by atoms with Crippen molar-refractivity contribution in [3.8, 4) is 10.7 Å². The lowest BCUT2D eigenvalue weighted by atomic mass is 10.4. The quantitative estimate of drug-likeness (QED) is 0.845. The Morgan fingerprint density at radius 3 is 3.00 bits per heavy atom. The Kier molecular flexibility index (Phi) is 4.67. The molecule has 0 spiro atoms. The maximum absolute atomic E-state index is 11.6. The lowest BCUT2D eigenvalue weighted by molar-refractivity contribution is 0.376. The highest BCUT2D eigenvalue weighted by Crippen LogP contribution is 2.21. The molecule has 0 aliphatic heterocycles. The first-order valence-corrected chi connectivity index (χ1v) is 8.47. The van der Waals surface area contributed by atoms with Gasteiger partial charge in [-0.1, -0.05) is 24.6 Å². The van der Waals surface area contributed by atoms with Crippen molar-refractivity contribution in [3.05, 3.63) is 23.4 Å². The third-order valence-corrected chi connectivity index (χ3v) is 4.70. The summed E-state index contributed by atoms with van der Waals surface area (Å²) >= 11 is 1.50. The van der Waals surface area contributed by atoms with Gasteiger partial charge in [0.1, 0.15) is 0 Å². The lowest BCUT2D eigenvalue weighted by Crippen LogP contribution is -2.26. The average Bonchev–Trinajstić information content (AvgIpc) is 3.04. The molecule has 104 valence electrons. The molecule has 1 N–H and O–H groups in total. The number of aromatic nitrogens is 2. The van der Waals surface area contributed by atoms with Crippen molar-refractivity contribution in [1.82, 2.24) is 14.9 Å². The van der Waals surface area contributed by atoms with Gasteiger partial charge in [0.25, 0.3) is 0 Å². The van der Waals surface area contributed by atoms with Gasteiger partial charge in [0.2, 0.25) is 21.7 Å². The van der Waals surface area contributed by atoms with Gasteiger partial charge in [0.05, 0.1) is 17.2 Å². The zero-order chi connectivity index (χ0) is 13.7. The van der Waals surface area contributed by atoms with Crippen LogP contribution < -0.4 is 4.72 Å². The van der Waals surface area contributed by atoms with E-state index in [1.807, 2.05) is 24.4 Å². The molecule has 0 unspecified atom stereocenters. The number of nitrogens with zero attached hydrogens (tertiary/aromatic N) is 2.